The van der Waals surface area contributed by atoms with Gasteiger partial charge in [0.05, 0.1) is 34.5 Å². The van der Waals surface area contributed by atoms with Crippen LogP contribution in [0.2, 0.25) is 0 Å². The highest BCUT2D eigenvalue weighted by atomic mass is 32.1. The Morgan fingerprint density at radius 1 is 1.31 bits per heavy atom. The van der Waals surface area contributed by atoms with Crippen LogP contribution in [0.15, 0.2) is 30.5 Å². The van der Waals surface area contributed by atoms with Gasteiger partial charge in [0, 0.05) is 34.7 Å². The monoisotopic (exact) mass is 501 g/mol. The summed E-state index contributed by atoms with van der Waals surface area (Å²) in [7, 11) is 0. The lowest BCUT2D eigenvalue weighted by Gasteiger charge is -2.29. The van der Waals surface area contributed by atoms with E-state index >= 15 is 0 Å². The third kappa shape index (κ3) is 4.19. The Labute approximate surface area is 213 Å². The van der Waals surface area contributed by atoms with Crippen molar-refractivity contribution < 1.29 is 19.0 Å². The van der Waals surface area contributed by atoms with Crippen LogP contribution in [0.4, 0.5) is 0 Å². The van der Waals surface area contributed by atoms with E-state index in [1.807, 2.05) is 58.2 Å². The van der Waals surface area contributed by atoms with Crippen LogP contribution >= 0.6 is 11.3 Å². The first kappa shape index (κ1) is 24.2. The number of ether oxygens (including phenoxy) is 3. The zero-order valence-corrected chi connectivity index (χ0v) is 21.8. The number of esters is 1. The van der Waals surface area contributed by atoms with Crippen molar-refractivity contribution in [2.75, 3.05) is 13.2 Å². The molecule has 0 amide bonds. The highest BCUT2D eigenvalue weighted by Crippen LogP contribution is 2.46. The molecule has 2 aromatic heterocycles. The summed E-state index contributed by atoms with van der Waals surface area (Å²) in [5.74, 6) is 0.337. The van der Waals surface area contributed by atoms with Crippen LogP contribution < -0.4 is 4.74 Å². The maximum Gasteiger partial charge on any atom is 0.339 e. The molecule has 0 radical (unpaired) electrons. The number of hydrogen-bond acceptors (Lipinski definition) is 8. The fourth-order valence-electron chi connectivity index (χ4n) is 4.76. The predicted molar refractivity (Wildman–Crippen MR) is 139 cm³/mol. The minimum absolute atomic E-state index is 0.235. The molecular formula is C28H27N3O4S. The predicted octanol–water partition coefficient (Wildman–Crippen LogP) is 6.05. The Balaban J connectivity index is 1.89. The molecule has 3 heterocycles. The number of benzene rings is 2. The topological polar surface area (TPSA) is 94.3 Å². The van der Waals surface area contributed by atoms with E-state index in [0.717, 1.165) is 44.5 Å². The molecule has 1 aliphatic rings. The molecule has 0 fully saturated rings. The minimum Gasteiger partial charge on any atom is -0.493 e. The molecule has 0 saturated heterocycles. The van der Waals surface area contributed by atoms with E-state index in [-0.39, 0.29) is 6.61 Å². The lowest BCUT2D eigenvalue weighted by Crippen LogP contribution is -2.29. The van der Waals surface area contributed by atoms with Crippen LogP contribution in [0.1, 0.15) is 55.5 Å². The quantitative estimate of drug-likeness (QED) is 0.307. The molecule has 36 heavy (non-hydrogen) atoms. The Morgan fingerprint density at radius 2 is 2.11 bits per heavy atom. The number of thiazole rings is 1. The molecule has 1 atom stereocenters. The van der Waals surface area contributed by atoms with Gasteiger partial charge in [-0.3, -0.25) is 4.98 Å². The van der Waals surface area contributed by atoms with Crippen molar-refractivity contribution in [2.24, 2.45) is 0 Å². The number of aryl methyl sites for hydroxylation is 1. The molecular weight excluding hydrogens is 474 g/mol. The Morgan fingerprint density at radius 3 is 2.83 bits per heavy atom. The smallest absolute Gasteiger partial charge is 0.339 e. The second-order valence-electron chi connectivity index (χ2n) is 9.73. The molecule has 4 aromatic rings. The normalized spacial score (nSPS) is 13.9. The number of carbonyl (C=O) groups excluding carboxylic acids is 1. The van der Waals surface area contributed by atoms with Gasteiger partial charge in [-0.2, -0.15) is 5.26 Å². The Bertz CT molecular complexity index is 1530. The number of aromatic nitrogens is 2. The van der Waals surface area contributed by atoms with Gasteiger partial charge < -0.3 is 14.2 Å². The molecule has 1 aliphatic heterocycles. The summed E-state index contributed by atoms with van der Waals surface area (Å²) >= 11 is 1.30. The zero-order chi connectivity index (χ0) is 25.6. The maximum absolute atomic E-state index is 13.3. The third-order valence-corrected chi connectivity index (χ3v) is 7.09. The summed E-state index contributed by atoms with van der Waals surface area (Å²) in [5.41, 5.74) is 5.18. The van der Waals surface area contributed by atoms with E-state index in [1.54, 1.807) is 6.92 Å². The van der Waals surface area contributed by atoms with Crippen molar-refractivity contribution in [3.05, 3.63) is 52.2 Å². The Hall–Kier alpha value is -3.54. The highest BCUT2D eigenvalue weighted by Gasteiger charge is 2.34. The van der Waals surface area contributed by atoms with E-state index in [2.05, 4.69) is 11.1 Å². The van der Waals surface area contributed by atoms with Gasteiger partial charge in [0.1, 0.15) is 11.8 Å². The SMILES string of the molecule is CCOC(=O)[C@@H](OC(C)(C)C)c1c(C)cc2nc(C#N)sc2c1-c1ccc2c3c(ccnc13)CCO2. The van der Waals surface area contributed by atoms with Crippen molar-refractivity contribution in [3.8, 4) is 22.9 Å². The first-order chi connectivity index (χ1) is 17.2. The van der Waals surface area contributed by atoms with Crippen molar-refractivity contribution >= 4 is 38.4 Å². The molecule has 0 N–H and O–H groups in total. The summed E-state index contributed by atoms with van der Waals surface area (Å²) in [4.78, 5) is 22.6. The number of pyridine rings is 1. The van der Waals surface area contributed by atoms with Crippen LogP contribution in [0, 0.1) is 18.3 Å². The molecule has 0 spiro atoms. The van der Waals surface area contributed by atoms with Crippen LogP contribution in [-0.2, 0) is 20.7 Å². The number of hydrogen-bond donors (Lipinski definition) is 0. The largest absolute Gasteiger partial charge is 0.493 e. The van der Waals surface area contributed by atoms with Gasteiger partial charge in [-0.1, -0.05) is 0 Å². The Kier molecular flexibility index (Phi) is 6.15. The summed E-state index contributed by atoms with van der Waals surface area (Å²) in [6.07, 6.45) is 1.63. The lowest BCUT2D eigenvalue weighted by molar-refractivity contribution is -0.166. The molecule has 184 valence electrons. The van der Waals surface area contributed by atoms with Crippen LogP contribution in [0.25, 0.3) is 32.2 Å². The number of nitriles is 1. The number of nitrogens with zero attached hydrogens (tertiary/aromatic N) is 3. The zero-order valence-electron chi connectivity index (χ0n) is 21.0. The van der Waals surface area contributed by atoms with Gasteiger partial charge in [-0.15, -0.1) is 11.3 Å². The van der Waals surface area contributed by atoms with E-state index in [4.69, 9.17) is 19.2 Å². The van der Waals surface area contributed by atoms with Crippen LogP contribution in [-0.4, -0.2) is 34.8 Å². The van der Waals surface area contributed by atoms with Crippen molar-refractivity contribution in [2.45, 2.75) is 52.7 Å². The summed E-state index contributed by atoms with van der Waals surface area (Å²) in [5, 5.41) is 10.9. The summed E-state index contributed by atoms with van der Waals surface area (Å²) < 4.78 is 18.6. The third-order valence-electron chi connectivity index (χ3n) is 6.10. The average molecular weight is 502 g/mol. The van der Waals surface area contributed by atoms with Crippen molar-refractivity contribution in [3.63, 3.8) is 0 Å². The van der Waals surface area contributed by atoms with Crippen LogP contribution in [0.3, 0.4) is 0 Å². The van der Waals surface area contributed by atoms with Gasteiger partial charge >= 0.3 is 5.97 Å². The van der Waals surface area contributed by atoms with Gasteiger partial charge in [0.15, 0.2) is 11.1 Å². The minimum atomic E-state index is -0.973. The number of fused-ring (bicyclic) bond motifs is 1. The first-order valence-corrected chi connectivity index (χ1v) is 12.8. The summed E-state index contributed by atoms with van der Waals surface area (Å²) in [6, 6.07) is 10.0. The van der Waals surface area contributed by atoms with Gasteiger partial charge in [-0.25, -0.2) is 9.78 Å². The molecule has 0 aliphatic carbocycles. The molecule has 0 saturated carbocycles. The second kappa shape index (κ2) is 9.16. The fourth-order valence-corrected chi connectivity index (χ4v) is 5.68. The molecule has 7 nitrogen and oxygen atoms in total. The standard InChI is InChI=1S/C28H27N3O4S/c1-6-33-27(32)25(35-28(3,4)5)21-15(2)13-18-26(36-20(14-29)31-18)23(21)17-7-8-19-22-16(10-12-34-19)9-11-30-24(17)22/h7-9,11,13,25H,6,10,12H2,1-5H3/t25-/m0/s1. The fraction of sp³-hybridized carbons (Fsp3) is 0.357. The maximum atomic E-state index is 13.3. The van der Waals surface area contributed by atoms with Gasteiger partial charge in [0.25, 0.3) is 0 Å². The second-order valence-corrected chi connectivity index (χ2v) is 10.7. The van der Waals surface area contributed by atoms with Gasteiger partial charge in [0.2, 0.25) is 0 Å². The van der Waals surface area contributed by atoms with Crippen molar-refractivity contribution in [1.29, 1.82) is 5.26 Å². The number of carbonyl (C=O) groups is 1. The highest BCUT2D eigenvalue weighted by molar-refractivity contribution is 7.19. The molecule has 2 aromatic carbocycles. The van der Waals surface area contributed by atoms with E-state index in [9.17, 15) is 10.1 Å². The van der Waals surface area contributed by atoms with E-state index in [0.29, 0.717) is 22.7 Å². The average Bonchev–Trinajstić information content (AvgIpc) is 3.25. The van der Waals surface area contributed by atoms with Gasteiger partial charge in [-0.05, 0) is 70.0 Å². The van der Waals surface area contributed by atoms with E-state index in [1.165, 1.54) is 16.9 Å². The molecule has 5 rings (SSSR count). The molecule has 0 unspecified atom stereocenters. The molecule has 0 bridgehead atoms. The first-order valence-electron chi connectivity index (χ1n) is 11.9. The summed E-state index contributed by atoms with van der Waals surface area (Å²) in [6.45, 7) is 10.3. The van der Waals surface area contributed by atoms with E-state index < -0.39 is 17.7 Å². The van der Waals surface area contributed by atoms with Crippen LogP contribution in [0.5, 0.6) is 5.75 Å². The number of rotatable bonds is 5. The molecule has 8 heteroatoms. The van der Waals surface area contributed by atoms with Crippen molar-refractivity contribution in [1.82, 2.24) is 9.97 Å². The lowest BCUT2D eigenvalue weighted by atomic mass is 9.89.